The second-order valence-electron chi connectivity index (χ2n) is 5.49. The number of ether oxygens (including phenoxy) is 2. The number of carbonyl (C=O) groups excluding carboxylic acids is 1. The van der Waals surface area contributed by atoms with Gasteiger partial charge >= 0.3 is 0 Å². The molecule has 5 heteroatoms. The molecule has 1 heterocycles. The maximum Gasteiger partial charge on any atom is 0.174 e. The Morgan fingerprint density at radius 3 is 2.61 bits per heavy atom. The van der Waals surface area contributed by atoms with Crippen molar-refractivity contribution < 1.29 is 24.5 Å². The van der Waals surface area contributed by atoms with Crippen LogP contribution in [0.1, 0.15) is 39.6 Å². The number of Topliss-reactive ketones (excluding diaryl/α,β-unsaturated/α-hetero) is 1. The van der Waals surface area contributed by atoms with Gasteiger partial charge < -0.3 is 19.7 Å². The number of aromatic hydroxyl groups is 1. The average molecular weight is 314 g/mol. The second-order valence-corrected chi connectivity index (χ2v) is 5.49. The predicted octanol–water partition coefficient (Wildman–Crippen LogP) is 2.91. The molecule has 0 aromatic heterocycles. The largest absolute Gasteiger partial charge is 0.507 e. The molecule has 2 aromatic carbocycles. The van der Waals surface area contributed by atoms with Gasteiger partial charge in [0.25, 0.3) is 0 Å². The smallest absolute Gasteiger partial charge is 0.174 e. The number of carbonyl (C=O) groups is 1. The number of hydrogen-bond donors (Lipinski definition) is 2. The number of ketones is 1. The van der Waals surface area contributed by atoms with Crippen LogP contribution in [0.2, 0.25) is 0 Å². The van der Waals surface area contributed by atoms with Crippen molar-refractivity contribution in [1.29, 1.82) is 0 Å². The molecule has 0 fully saturated rings. The highest BCUT2D eigenvalue weighted by Crippen LogP contribution is 2.47. The number of phenolic OH excluding ortho intramolecular Hbond substituents is 1. The summed E-state index contributed by atoms with van der Waals surface area (Å²) < 4.78 is 11.2. The summed E-state index contributed by atoms with van der Waals surface area (Å²) in [5.41, 5.74) is 1.80. The fraction of sp³-hybridized carbons (Fsp3) is 0.278. The first-order chi connectivity index (χ1) is 11.1. The summed E-state index contributed by atoms with van der Waals surface area (Å²) in [7, 11) is 1.45. The van der Waals surface area contributed by atoms with Crippen molar-refractivity contribution in [3.63, 3.8) is 0 Å². The van der Waals surface area contributed by atoms with Crippen LogP contribution >= 0.6 is 0 Å². The van der Waals surface area contributed by atoms with Crippen LogP contribution in [-0.4, -0.2) is 23.1 Å². The molecule has 2 aromatic rings. The van der Waals surface area contributed by atoms with Gasteiger partial charge in [0.05, 0.1) is 25.7 Å². The number of phenols is 1. The van der Waals surface area contributed by atoms with Gasteiger partial charge in [0.2, 0.25) is 0 Å². The topological polar surface area (TPSA) is 76.0 Å². The highest BCUT2D eigenvalue weighted by atomic mass is 16.5. The van der Waals surface area contributed by atoms with E-state index in [2.05, 4.69) is 0 Å². The normalized spacial score (nSPS) is 16.7. The molecule has 0 saturated carbocycles. The van der Waals surface area contributed by atoms with Gasteiger partial charge in [0, 0.05) is 5.56 Å². The Kier molecular flexibility index (Phi) is 3.96. The van der Waals surface area contributed by atoms with Crippen LogP contribution in [0.3, 0.4) is 0 Å². The van der Waals surface area contributed by atoms with Gasteiger partial charge in [-0.1, -0.05) is 30.3 Å². The lowest BCUT2D eigenvalue weighted by Crippen LogP contribution is -2.22. The Morgan fingerprint density at radius 1 is 1.30 bits per heavy atom. The molecule has 120 valence electrons. The second kappa shape index (κ2) is 5.93. The molecule has 23 heavy (non-hydrogen) atoms. The molecular weight excluding hydrogens is 296 g/mol. The number of hydrogen-bond acceptors (Lipinski definition) is 5. The van der Waals surface area contributed by atoms with Crippen molar-refractivity contribution in [1.82, 2.24) is 0 Å². The zero-order chi connectivity index (χ0) is 16.6. The molecule has 0 amide bonds. The number of methoxy groups -OCH3 is 1. The minimum absolute atomic E-state index is 0.125. The lowest BCUT2D eigenvalue weighted by Gasteiger charge is -2.29. The Bertz CT molecular complexity index is 752. The van der Waals surface area contributed by atoms with Crippen LogP contribution in [-0.2, 0) is 6.61 Å². The molecule has 0 bridgehead atoms. The van der Waals surface area contributed by atoms with Crippen molar-refractivity contribution in [2.24, 2.45) is 0 Å². The lowest BCUT2D eigenvalue weighted by atomic mass is 9.91. The number of fused-ring (bicyclic) bond motifs is 1. The van der Waals surface area contributed by atoms with E-state index in [1.165, 1.54) is 7.11 Å². The third-order valence-corrected chi connectivity index (χ3v) is 4.15. The number of aliphatic hydroxyl groups excluding tert-OH is 1. The van der Waals surface area contributed by atoms with Crippen LogP contribution in [0.15, 0.2) is 30.3 Å². The Morgan fingerprint density at radius 2 is 2.00 bits per heavy atom. The first-order valence-corrected chi connectivity index (χ1v) is 7.36. The summed E-state index contributed by atoms with van der Waals surface area (Å²) >= 11 is 0. The van der Waals surface area contributed by atoms with Crippen molar-refractivity contribution >= 4 is 5.78 Å². The summed E-state index contributed by atoms with van der Waals surface area (Å²) in [5, 5.41) is 20.1. The summed E-state index contributed by atoms with van der Waals surface area (Å²) in [6, 6.07) is 9.40. The summed E-state index contributed by atoms with van der Waals surface area (Å²) in [6.45, 7) is 1.30. The van der Waals surface area contributed by atoms with Gasteiger partial charge in [-0.15, -0.1) is 0 Å². The van der Waals surface area contributed by atoms with Crippen LogP contribution < -0.4 is 9.47 Å². The maximum absolute atomic E-state index is 12.5. The van der Waals surface area contributed by atoms with Gasteiger partial charge in [-0.2, -0.15) is 0 Å². The van der Waals surface area contributed by atoms with Crippen molar-refractivity contribution in [2.75, 3.05) is 7.11 Å². The number of rotatable bonds is 3. The van der Waals surface area contributed by atoms with Crippen LogP contribution in [0, 0.1) is 6.92 Å². The molecule has 1 atom stereocenters. The van der Waals surface area contributed by atoms with Crippen LogP contribution in [0.25, 0.3) is 0 Å². The van der Waals surface area contributed by atoms with Gasteiger partial charge in [-0.05, 0) is 12.5 Å². The predicted molar refractivity (Wildman–Crippen MR) is 84.1 cm³/mol. The van der Waals surface area contributed by atoms with E-state index in [1.807, 2.05) is 30.3 Å². The third kappa shape index (κ3) is 2.43. The maximum atomic E-state index is 12.5. The van der Waals surface area contributed by atoms with Crippen LogP contribution in [0.5, 0.6) is 17.2 Å². The van der Waals surface area contributed by atoms with Gasteiger partial charge in [0.15, 0.2) is 5.78 Å². The minimum atomic E-state index is -0.451. The van der Waals surface area contributed by atoms with E-state index in [4.69, 9.17) is 9.47 Å². The summed E-state index contributed by atoms with van der Waals surface area (Å²) in [5.74, 6) is 0.187. The molecule has 0 spiro atoms. The first kappa shape index (κ1) is 15.4. The SMILES string of the molecule is COc1c(C)c(O)c2c(c1CO)OC(c1ccccc1)CC2=O. The Labute approximate surface area is 134 Å². The molecule has 0 aliphatic carbocycles. The first-order valence-electron chi connectivity index (χ1n) is 7.36. The molecule has 2 N–H and O–H groups in total. The van der Waals surface area contributed by atoms with Gasteiger partial charge in [-0.3, -0.25) is 4.79 Å². The molecular formula is C18H18O5. The van der Waals surface area contributed by atoms with Crippen molar-refractivity contribution in [2.45, 2.75) is 26.1 Å². The summed E-state index contributed by atoms with van der Waals surface area (Å²) in [6.07, 6.45) is -0.311. The van der Waals surface area contributed by atoms with E-state index in [0.717, 1.165) is 5.56 Å². The quantitative estimate of drug-likeness (QED) is 0.911. The van der Waals surface area contributed by atoms with Gasteiger partial charge in [-0.25, -0.2) is 0 Å². The monoisotopic (exact) mass is 314 g/mol. The van der Waals surface area contributed by atoms with E-state index >= 15 is 0 Å². The summed E-state index contributed by atoms with van der Waals surface area (Å²) in [4.78, 5) is 12.5. The molecule has 0 radical (unpaired) electrons. The van der Waals surface area contributed by atoms with E-state index in [0.29, 0.717) is 16.9 Å². The van der Waals surface area contributed by atoms with Gasteiger partial charge in [0.1, 0.15) is 28.9 Å². The number of benzene rings is 2. The molecule has 3 rings (SSSR count). The minimum Gasteiger partial charge on any atom is -0.507 e. The van der Waals surface area contributed by atoms with E-state index in [-0.39, 0.29) is 35.9 Å². The molecule has 0 saturated heterocycles. The van der Waals surface area contributed by atoms with Crippen molar-refractivity contribution in [3.8, 4) is 17.2 Å². The number of aliphatic hydroxyl groups is 1. The standard InChI is InChI=1S/C18H18O5/c1-10-16(21)15-13(20)8-14(11-6-4-3-5-7-11)23-18(15)12(9-19)17(10)22-2/h3-7,14,19,21H,8-9H2,1-2H3. The zero-order valence-electron chi connectivity index (χ0n) is 13.0. The molecule has 1 unspecified atom stereocenters. The average Bonchev–Trinajstić information content (AvgIpc) is 2.58. The third-order valence-electron chi connectivity index (χ3n) is 4.15. The van der Waals surface area contributed by atoms with E-state index in [1.54, 1.807) is 6.92 Å². The van der Waals surface area contributed by atoms with E-state index in [9.17, 15) is 15.0 Å². The lowest BCUT2D eigenvalue weighted by molar-refractivity contribution is 0.0837. The molecule has 1 aliphatic heterocycles. The highest BCUT2D eigenvalue weighted by molar-refractivity contribution is 6.03. The van der Waals surface area contributed by atoms with Crippen LogP contribution in [0.4, 0.5) is 0 Å². The zero-order valence-corrected chi connectivity index (χ0v) is 13.0. The highest BCUT2D eigenvalue weighted by Gasteiger charge is 2.35. The Hall–Kier alpha value is -2.53. The molecule has 1 aliphatic rings. The molecule has 5 nitrogen and oxygen atoms in total. The fourth-order valence-electron chi connectivity index (χ4n) is 3.00. The Balaban J connectivity index is 2.17. The van der Waals surface area contributed by atoms with Crippen molar-refractivity contribution in [3.05, 3.63) is 52.6 Å². The van der Waals surface area contributed by atoms with E-state index < -0.39 is 6.10 Å². The fourth-order valence-corrected chi connectivity index (χ4v) is 3.00.